The van der Waals surface area contributed by atoms with Crippen molar-refractivity contribution in [3.63, 3.8) is 0 Å². The number of hydrogen-bond acceptors (Lipinski definition) is 4. The van der Waals surface area contributed by atoms with Gasteiger partial charge in [0, 0.05) is 31.1 Å². The van der Waals surface area contributed by atoms with E-state index in [4.69, 9.17) is 5.11 Å². The molecule has 2 rings (SSSR count). The number of nitrogens with zero attached hydrogens (tertiary/aromatic N) is 2. The summed E-state index contributed by atoms with van der Waals surface area (Å²) in [5, 5.41) is 14.5. The van der Waals surface area contributed by atoms with Crippen LogP contribution in [0.2, 0.25) is 0 Å². The van der Waals surface area contributed by atoms with Gasteiger partial charge in [-0.15, -0.1) is 11.3 Å². The molecule has 0 bridgehead atoms. The molecule has 1 unspecified atom stereocenters. The monoisotopic (exact) mass is 311 g/mol. The van der Waals surface area contributed by atoms with E-state index in [1.54, 1.807) is 11.1 Å². The Hall–Kier alpha value is -1.63. The molecule has 1 aromatic rings. The topological polar surface area (TPSA) is 82.5 Å². The van der Waals surface area contributed by atoms with Crippen molar-refractivity contribution in [2.75, 3.05) is 13.1 Å². The number of likely N-dealkylation sites (tertiary alicyclic amines) is 1. The molecule has 2 amide bonds. The van der Waals surface area contributed by atoms with Gasteiger partial charge >= 0.3 is 12.0 Å². The molecule has 2 heterocycles. The van der Waals surface area contributed by atoms with Crippen LogP contribution in [0, 0.1) is 5.92 Å². The second-order valence-electron chi connectivity index (χ2n) is 5.93. The Bertz CT molecular complexity index is 502. The normalized spacial score (nSPS) is 18.8. The number of carboxylic acids is 1. The maximum absolute atomic E-state index is 12.3. The zero-order valence-corrected chi connectivity index (χ0v) is 13.2. The molecule has 0 aliphatic carbocycles. The summed E-state index contributed by atoms with van der Waals surface area (Å²) in [6.07, 6.45) is 3.41. The molecule has 116 valence electrons. The molecule has 2 N–H and O–H groups in total. The fourth-order valence-corrected chi connectivity index (χ4v) is 3.23. The number of amides is 2. The summed E-state index contributed by atoms with van der Waals surface area (Å²) in [5.41, 5.74) is -0.496. The highest BCUT2D eigenvalue weighted by atomic mass is 32.1. The largest absolute Gasteiger partial charge is 0.481 e. The predicted molar refractivity (Wildman–Crippen MR) is 80.2 cm³/mol. The van der Waals surface area contributed by atoms with E-state index in [9.17, 15) is 9.59 Å². The van der Waals surface area contributed by atoms with Gasteiger partial charge in [0.2, 0.25) is 0 Å². The molecule has 1 aromatic heterocycles. The van der Waals surface area contributed by atoms with Crippen LogP contribution in [-0.2, 0) is 10.3 Å². The lowest BCUT2D eigenvalue weighted by atomic mass is 10.0. The van der Waals surface area contributed by atoms with Crippen LogP contribution in [-0.4, -0.2) is 40.1 Å². The van der Waals surface area contributed by atoms with E-state index in [-0.39, 0.29) is 18.4 Å². The van der Waals surface area contributed by atoms with Crippen LogP contribution in [0.1, 0.15) is 38.1 Å². The molecule has 1 saturated heterocycles. The Morgan fingerprint density at radius 3 is 2.95 bits per heavy atom. The number of urea groups is 1. The predicted octanol–water partition coefficient (Wildman–Crippen LogP) is 2.27. The van der Waals surface area contributed by atoms with Crippen LogP contribution >= 0.6 is 11.3 Å². The third-order valence-corrected chi connectivity index (χ3v) is 4.82. The Kier molecular flexibility index (Phi) is 4.82. The van der Waals surface area contributed by atoms with Crippen LogP contribution in [0.15, 0.2) is 11.6 Å². The summed E-state index contributed by atoms with van der Waals surface area (Å²) in [4.78, 5) is 28.9. The Morgan fingerprint density at radius 2 is 2.33 bits per heavy atom. The minimum Gasteiger partial charge on any atom is -0.481 e. The van der Waals surface area contributed by atoms with Crippen LogP contribution in [0.3, 0.4) is 0 Å². The van der Waals surface area contributed by atoms with Crippen molar-refractivity contribution in [1.29, 1.82) is 0 Å². The molecule has 21 heavy (non-hydrogen) atoms. The number of aromatic nitrogens is 1. The Balaban J connectivity index is 1.86. The minimum atomic E-state index is -0.775. The van der Waals surface area contributed by atoms with Gasteiger partial charge in [0.05, 0.1) is 5.54 Å². The standard InChI is InChI=1S/C14H21N3O3S/c1-14(2,12-15-6-8-21-12)16-13(20)17-7-5-10(9-17)3-4-11(18)19/h6,8,10H,3-5,7,9H2,1-2H3,(H,16,20)(H,18,19). The first kappa shape index (κ1) is 15.8. The second kappa shape index (κ2) is 6.43. The van der Waals surface area contributed by atoms with Crippen LogP contribution in [0.4, 0.5) is 4.79 Å². The van der Waals surface area contributed by atoms with Gasteiger partial charge in [0.25, 0.3) is 0 Å². The Labute approximate surface area is 128 Å². The van der Waals surface area contributed by atoms with E-state index in [0.29, 0.717) is 19.5 Å². The van der Waals surface area contributed by atoms with E-state index >= 15 is 0 Å². The number of carbonyl (C=O) groups excluding carboxylic acids is 1. The second-order valence-corrected chi connectivity index (χ2v) is 6.82. The summed E-state index contributed by atoms with van der Waals surface area (Å²) in [5.74, 6) is -0.488. The lowest BCUT2D eigenvalue weighted by Gasteiger charge is -2.27. The lowest BCUT2D eigenvalue weighted by molar-refractivity contribution is -0.137. The lowest BCUT2D eigenvalue weighted by Crippen LogP contribution is -2.47. The molecule has 6 nitrogen and oxygen atoms in total. The maximum Gasteiger partial charge on any atom is 0.318 e. The highest BCUT2D eigenvalue weighted by molar-refractivity contribution is 7.09. The first-order chi connectivity index (χ1) is 9.88. The van der Waals surface area contributed by atoms with Gasteiger partial charge in [-0.05, 0) is 32.6 Å². The van der Waals surface area contributed by atoms with Crippen molar-refractivity contribution in [1.82, 2.24) is 15.2 Å². The zero-order valence-electron chi connectivity index (χ0n) is 12.3. The number of carboxylic acid groups (broad SMARTS) is 1. The van der Waals surface area contributed by atoms with Gasteiger partial charge in [-0.25, -0.2) is 9.78 Å². The summed E-state index contributed by atoms with van der Waals surface area (Å²) in [6, 6.07) is -0.104. The van der Waals surface area contributed by atoms with E-state index < -0.39 is 11.5 Å². The molecule has 0 radical (unpaired) electrons. The van der Waals surface area contributed by atoms with Gasteiger partial charge in [0.1, 0.15) is 5.01 Å². The Morgan fingerprint density at radius 1 is 1.57 bits per heavy atom. The molecule has 1 fully saturated rings. The van der Waals surface area contributed by atoms with Crippen molar-refractivity contribution < 1.29 is 14.7 Å². The summed E-state index contributed by atoms with van der Waals surface area (Å²) in [7, 11) is 0. The number of aliphatic carboxylic acids is 1. The van der Waals surface area contributed by atoms with Crippen molar-refractivity contribution in [2.45, 2.75) is 38.6 Å². The average Bonchev–Trinajstić information content (AvgIpc) is 3.07. The molecule has 7 heteroatoms. The van der Waals surface area contributed by atoms with E-state index in [1.165, 1.54) is 11.3 Å². The molecular formula is C14H21N3O3S. The van der Waals surface area contributed by atoms with Crippen LogP contribution in [0.25, 0.3) is 0 Å². The first-order valence-electron chi connectivity index (χ1n) is 7.07. The number of hydrogen-bond donors (Lipinski definition) is 2. The van der Waals surface area contributed by atoms with Crippen LogP contribution in [0.5, 0.6) is 0 Å². The number of carbonyl (C=O) groups is 2. The number of thiazole rings is 1. The summed E-state index contributed by atoms with van der Waals surface area (Å²) < 4.78 is 0. The minimum absolute atomic E-state index is 0.104. The molecule has 0 spiro atoms. The molecule has 1 atom stereocenters. The summed E-state index contributed by atoms with van der Waals surface area (Å²) >= 11 is 1.52. The molecule has 0 saturated carbocycles. The number of nitrogens with one attached hydrogen (secondary N) is 1. The smallest absolute Gasteiger partial charge is 0.318 e. The van der Waals surface area contributed by atoms with E-state index in [0.717, 1.165) is 11.4 Å². The van der Waals surface area contributed by atoms with Crippen molar-refractivity contribution in [2.24, 2.45) is 5.92 Å². The first-order valence-corrected chi connectivity index (χ1v) is 7.95. The van der Waals surface area contributed by atoms with Crippen molar-refractivity contribution in [3.8, 4) is 0 Å². The van der Waals surface area contributed by atoms with Gasteiger partial charge in [0.15, 0.2) is 0 Å². The fraction of sp³-hybridized carbons (Fsp3) is 0.643. The van der Waals surface area contributed by atoms with Gasteiger partial charge in [-0.3, -0.25) is 4.79 Å². The third kappa shape index (κ3) is 4.17. The quantitative estimate of drug-likeness (QED) is 0.874. The molecule has 1 aliphatic heterocycles. The third-order valence-electron chi connectivity index (χ3n) is 3.73. The van der Waals surface area contributed by atoms with Crippen LogP contribution < -0.4 is 5.32 Å². The highest BCUT2D eigenvalue weighted by Crippen LogP contribution is 2.25. The van der Waals surface area contributed by atoms with Gasteiger partial charge in [-0.2, -0.15) is 0 Å². The van der Waals surface area contributed by atoms with E-state index in [2.05, 4.69) is 10.3 Å². The molecule has 1 aliphatic rings. The molecule has 0 aromatic carbocycles. The van der Waals surface area contributed by atoms with Gasteiger partial charge in [-0.1, -0.05) is 0 Å². The summed E-state index contributed by atoms with van der Waals surface area (Å²) in [6.45, 7) is 5.18. The van der Waals surface area contributed by atoms with E-state index in [1.807, 2.05) is 19.2 Å². The highest BCUT2D eigenvalue weighted by Gasteiger charge is 2.31. The average molecular weight is 311 g/mol. The fourth-order valence-electron chi connectivity index (χ4n) is 2.51. The zero-order chi connectivity index (χ0) is 15.5. The van der Waals surface area contributed by atoms with Crippen molar-refractivity contribution >= 4 is 23.3 Å². The SMILES string of the molecule is CC(C)(NC(=O)N1CCC(CCC(=O)O)C1)c1nccs1. The van der Waals surface area contributed by atoms with Gasteiger partial charge < -0.3 is 15.3 Å². The van der Waals surface area contributed by atoms with Crippen molar-refractivity contribution in [3.05, 3.63) is 16.6 Å². The maximum atomic E-state index is 12.3. The molecular weight excluding hydrogens is 290 g/mol. The number of rotatable bonds is 5.